The molecular weight excluding hydrogens is 244 g/mol. The molecule has 0 saturated heterocycles. The van der Waals surface area contributed by atoms with Gasteiger partial charge in [-0.2, -0.15) is 0 Å². The van der Waals surface area contributed by atoms with Crippen molar-refractivity contribution in [3.63, 3.8) is 0 Å². The van der Waals surface area contributed by atoms with Crippen LogP contribution in [0.5, 0.6) is 5.75 Å². The lowest BCUT2D eigenvalue weighted by Crippen LogP contribution is -2.01. The Bertz CT molecular complexity index is 506. The van der Waals surface area contributed by atoms with Crippen molar-refractivity contribution >= 4 is 17.5 Å². The highest BCUT2D eigenvalue weighted by Crippen LogP contribution is 2.19. The van der Waals surface area contributed by atoms with Gasteiger partial charge in [-0.3, -0.25) is 4.79 Å². The molecular formula is C15H14O2S. The van der Waals surface area contributed by atoms with Gasteiger partial charge in [0.25, 0.3) is 0 Å². The fourth-order valence-electron chi connectivity index (χ4n) is 1.53. The van der Waals surface area contributed by atoms with E-state index in [9.17, 15) is 4.79 Å². The van der Waals surface area contributed by atoms with Gasteiger partial charge in [0, 0.05) is 10.5 Å². The molecule has 2 aromatic carbocycles. The number of Topliss-reactive ketones (excluding diaryl/α,β-unsaturated/α-hetero) is 1. The first-order valence-electron chi connectivity index (χ1n) is 5.64. The van der Waals surface area contributed by atoms with Crippen molar-refractivity contribution in [1.82, 2.24) is 0 Å². The van der Waals surface area contributed by atoms with Gasteiger partial charge in [-0.25, -0.2) is 0 Å². The first-order chi connectivity index (χ1) is 8.79. The minimum absolute atomic E-state index is 0.131. The molecule has 0 N–H and O–H groups in total. The van der Waals surface area contributed by atoms with Crippen LogP contribution in [0.15, 0.2) is 59.5 Å². The van der Waals surface area contributed by atoms with Gasteiger partial charge in [0.05, 0.1) is 12.9 Å². The first-order valence-corrected chi connectivity index (χ1v) is 6.63. The van der Waals surface area contributed by atoms with E-state index in [1.807, 2.05) is 30.3 Å². The molecule has 2 aromatic rings. The lowest BCUT2D eigenvalue weighted by molar-refractivity contribution is 0.102. The number of thioether (sulfide) groups is 1. The molecule has 0 aliphatic rings. The van der Waals surface area contributed by atoms with Crippen LogP contribution in [0.25, 0.3) is 0 Å². The molecule has 0 atom stereocenters. The maximum atomic E-state index is 12.0. The number of methoxy groups -OCH3 is 1. The predicted molar refractivity (Wildman–Crippen MR) is 74.5 cm³/mol. The number of hydrogen-bond donors (Lipinski definition) is 0. The zero-order valence-electron chi connectivity index (χ0n) is 10.1. The number of rotatable bonds is 5. The van der Waals surface area contributed by atoms with Gasteiger partial charge in [-0.1, -0.05) is 18.2 Å². The summed E-state index contributed by atoms with van der Waals surface area (Å²) in [5.41, 5.74) is 0.722. The summed E-state index contributed by atoms with van der Waals surface area (Å²) in [7, 11) is 1.61. The van der Waals surface area contributed by atoms with Gasteiger partial charge >= 0.3 is 0 Å². The zero-order valence-corrected chi connectivity index (χ0v) is 10.9. The van der Waals surface area contributed by atoms with Crippen LogP contribution >= 0.6 is 11.8 Å². The van der Waals surface area contributed by atoms with Crippen LogP contribution in [0.2, 0.25) is 0 Å². The van der Waals surface area contributed by atoms with Gasteiger partial charge in [0.15, 0.2) is 5.78 Å². The molecule has 3 heteroatoms. The summed E-state index contributed by atoms with van der Waals surface area (Å²) >= 11 is 1.55. The second-order valence-electron chi connectivity index (χ2n) is 3.75. The molecule has 2 nitrogen and oxygen atoms in total. The van der Waals surface area contributed by atoms with Crippen molar-refractivity contribution in [3.05, 3.63) is 60.2 Å². The summed E-state index contributed by atoms with van der Waals surface area (Å²) in [6.45, 7) is 0. The monoisotopic (exact) mass is 258 g/mol. The molecule has 0 fully saturated rings. The standard InChI is InChI=1S/C15H14O2S/c1-17-13-9-7-12(8-10-13)15(16)11-18-14-5-3-2-4-6-14/h2-10H,11H2,1H3. The maximum Gasteiger partial charge on any atom is 0.173 e. The fourth-order valence-corrected chi connectivity index (χ4v) is 2.34. The van der Waals surface area contributed by atoms with E-state index in [0.29, 0.717) is 5.75 Å². The number of hydrogen-bond acceptors (Lipinski definition) is 3. The Morgan fingerprint density at radius 1 is 1.06 bits per heavy atom. The number of carbonyl (C=O) groups excluding carboxylic acids is 1. The zero-order chi connectivity index (χ0) is 12.8. The lowest BCUT2D eigenvalue weighted by Gasteiger charge is -2.03. The Morgan fingerprint density at radius 2 is 1.72 bits per heavy atom. The molecule has 0 spiro atoms. The third-order valence-corrected chi connectivity index (χ3v) is 3.54. The van der Waals surface area contributed by atoms with Crippen LogP contribution in [0, 0.1) is 0 Å². The summed E-state index contributed by atoms with van der Waals surface area (Å²) in [5, 5.41) is 0. The van der Waals surface area contributed by atoms with E-state index in [2.05, 4.69) is 0 Å². The summed E-state index contributed by atoms with van der Waals surface area (Å²) in [6, 6.07) is 17.1. The minimum Gasteiger partial charge on any atom is -0.497 e. The second-order valence-corrected chi connectivity index (χ2v) is 4.80. The smallest absolute Gasteiger partial charge is 0.173 e. The molecule has 0 heterocycles. The average Bonchev–Trinajstić information content (AvgIpc) is 2.46. The number of ketones is 1. The quantitative estimate of drug-likeness (QED) is 0.604. The Balaban J connectivity index is 1.95. The predicted octanol–water partition coefficient (Wildman–Crippen LogP) is 3.67. The summed E-state index contributed by atoms with van der Waals surface area (Å²) < 4.78 is 5.06. The molecule has 2 rings (SSSR count). The molecule has 18 heavy (non-hydrogen) atoms. The third-order valence-electron chi connectivity index (χ3n) is 2.53. The van der Waals surface area contributed by atoms with Gasteiger partial charge < -0.3 is 4.74 Å². The SMILES string of the molecule is COc1ccc(C(=O)CSc2ccccc2)cc1. The maximum absolute atomic E-state index is 12.0. The molecule has 0 amide bonds. The van der Waals surface area contributed by atoms with Crippen LogP contribution in [-0.4, -0.2) is 18.6 Å². The van der Waals surface area contributed by atoms with Crippen molar-refractivity contribution in [1.29, 1.82) is 0 Å². The Kier molecular flexibility index (Phi) is 4.42. The third kappa shape index (κ3) is 3.37. The molecule has 0 radical (unpaired) electrons. The topological polar surface area (TPSA) is 26.3 Å². The summed E-state index contributed by atoms with van der Waals surface area (Å²) in [6.07, 6.45) is 0. The van der Waals surface area contributed by atoms with Crippen molar-refractivity contribution in [2.45, 2.75) is 4.90 Å². The van der Waals surface area contributed by atoms with E-state index >= 15 is 0 Å². The highest BCUT2D eigenvalue weighted by Gasteiger charge is 2.06. The molecule has 0 aliphatic heterocycles. The summed E-state index contributed by atoms with van der Waals surface area (Å²) in [5.74, 6) is 1.35. The van der Waals surface area contributed by atoms with Crippen LogP contribution in [0.1, 0.15) is 10.4 Å². The highest BCUT2D eigenvalue weighted by molar-refractivity contribution is 8.00. The largest absolute Gasteiger partial charge is 0.497 e. The second kappa shape index (κ2) is 6.26. The van der Waals surface area contributed by atoms with Gasteiger partial charge in [-0.05, 0) is 36.4 Å². The van der Waals surface area contributed by atoms with Crippen molar-refractivity contribution < 1.29 is 9.53 Å². The van der Waals surface area contributed by atoms with E-state index in [1.165, 1.54) is 0 Å². The van der Waals surface area contributed by atoms with Crippen molar-refractivity contribution in [3.8, 4) is 5.75 Å². The van der Waals surface area contributed by atoms with E-state index < -0.39 is 0 Å². The Labute approximate surface area is 111 Å². The van der Waals surface area contributed by atoms with Crippen LogP contribution in [0.3, 0.4) is 0 Å². The highest BCUT2D eigenvalue weighted by atomic mass is 32.2. The number of benzene rings is 2. The van der Waals surface area contributed by atoms with E-state index in [4.69, 9.17) is 4.74 Å². The Morgan fingerprint density at radius 3 is 2.33 bits per heavy atom. The molecule has 0 saturated carbocycles. The van der Waals surface area contributed by atoms with Crippen LogP contribution in [0.4, 0.5) is 0 Å². The molecule has 0 aliphatic carbocycles. The van der Waals surface area contributed by atoms with E-state index in [-0.39, 0.29) is 5.78 Å². The van der Waals surface area contributed by atoms with Crippen LogP contribution < -0.4 is 4.74 Å². The van der Waals surface area contributed by atoms with Crippen molar-refractivity contribution in [2.75, 3.05) is 12.9 Å². The normalized spacial score (nSPS) is 10.1. The van der Waals surface area contributed by atoms with Crippen molar-refractivity contribution in [2.24, 2.45) is 0 Å². The number of ether oxygens (including phenoxy) is 1. The molecule has 0 aromatic heterocycles. The molecule has 0 bridgehead atoms. The molecule has 0 unspecified atom stereocenters. The Hall–Kier alpha value is -1.74. The first kappa shape index (κ1) is 12.7. The lowest BCUT2D eigenvalue weighted by atomic mass is 10.1. The number of carbonyl (C=O) groups is 1. The minimum atomic E-state index is 0.131. The van der Waals surface area contributed by atoms with E-state index in [1.54, 1.807) is 43.1 Å². The van der Waals surface area contributed by atoms with E-state index in [0.717, 1.165) is 16.2 Å². The van der Waals surface area contributed by atoms with Gasteiger partial charge in [0.2, 0.25) is 0 Å². The van der Waals surface area contributed by atoms with Gasteiger partial charge in [0.1, 0.15) is 5.75 Å². The molecule has 92 valence electrons. The summed E-state index contributed by atoms with van der Waals surface area (Å²) in [4.78, 5) is 13.1. The average molecular weight is 258 g/mol. The fraction of sp³-hybridized carbons (Fsp3) is 0.133. The van der Waals surface area contributed by atoms with Crippen LogP contribution in [-0.2, 0) is 0 Å². The van der Waals surface area contributed by atoms with Gasteiger partial charge in [-0.15, -0.1) is 11.8 Å².